The summed E-state index contributed by atoms with van der Waals surface area (Å²) < 4.78 is 9.58. The Kier molecular flexibility index (Phi) is 6.19. The highest BCUT2D eigenvalue weighted by Crippen LogP contribution is 2.12. The van der Waals surface area contributed by atoms with Crippen LogP contribution in [0.1, 0.15) is 12.5 Å². The molecule has 0 spiro atoms. The van der Waals surface area contributed by atoms with E-state index in [9.17, 15) is 14.4 Å². The number of nitrogens with two attached hydrogens (primary N) is 1. The lowest BCUT2D eigenvalue weighted by Gasteiger charge is -2.15. The molecule has 0 saturated heterocycles. The first-order valence-electron chi connectivity index (χ1n) is 6.27. The van der Waals surface area contributed by atoms with Crippen LogP contribution in [0.2, 0.25) is 0 Å². The summed E-state index contributed by atoms with van der Waals surface area (Å²) in [7, 11) is 1.55. The molecule has 0 unspecified atom stereocenters. The third-order valence-electron chi connectivity index (χ3n) is 2.68. The molecule has 1 aromatic rings. The fourth-order valence-corrected chi connectivity index (χ4v) is 1.62. The van der Waals surface area contributed by atoms with Crippen LogP contribution < -0.4 is 15.8 Å². The van der Waals surface area contributed by atoms with Crippen LogP contribution in [0.3, 0.4) is 0 Å². The highest BCUT2D eigenvalue weighted by atomic mass is 16.5. The van der Waals surface area contributed by atoms with Crippen molar-refractivity contribution in [3.8, 4) is 5.75 Å². The number of benzene rings is 1. The second-order valence-corrected chi connectivity index (χ2v) is 4.35. The molecule has 1 atom stereocenters. The van der Waals surface area contributed by atoms with Gasteiger partial charge in [-0.2, -0.15) is 0 Å². The smallest absolute Gasteiger partial charge is 0.303 e. The molecule has 0 aromatic heterocycles. The number of carbonyl (C=O) groups is 3. The molecule has 1 rings (SSSR count). The number of primary amides is 1. The van der Waals surface area contributed by atoms with E-state index < -0.39 is 30.4 Å². The van der Waals surface area contributed by atoms with Gasteiger partial charge in [-0.3, -0.25) is 14.4 Å². The molecule has 0 fully saturated rings. The first-order chi connectivity index (χ1) is 9.92. The van der Waals surface area contributed by atoms with Crippen molar-refractivity contribution >= 4 is 17.8 Å². The Balaban J connectivity index is 2.62. The van der Waals surface area contributed by atoms with Crippen LogP contribution in [0.5, 0.6) is 5.75 Å². The summed E-state index contributed by atoms with van der Waals surface area (Å²) in [5, 5.41) is 2.43. The quantitative estimate of drug-likeness (QED) is 0.675. The van der Waals surface area contributed by atoms with Crippen LogP contribution in [0.4, 0.5) is 0 Å². The molecule has 2 amide bonds. The fraction of sp³-hybridized carbons (Fsp3) is 0.357. The normalized spacial score (nSPS) is 11.3. The average molecular weight is 294 g/mol. The minimum atomic E-state index is -0.874. The van der Waals surface area contributed by atoms with Gasteiger partial charge in [0.1, 0.15) is 11.8 Å². The number of esters is 1. The predicted octanol–water partition coefficient (Wildman–Crippen LogP) is -0.229. The topological polar surface area (TPSA) is 108 Å². The van der Waals surface area contributed by atoms with Crippen molar-refractivity contribution in [1.29, 1.82) is 0 Å². The van der Waals surface area contributed by atoms with Crippen LogP contribution in [-0.2, 0) is 25.5 Å². The van der Waals surface area contributed by atoms with Gasteiger partial charge in [-0.25, -0.2) is 0 Å². The molecule has 0 aliphatic heterocycles. The molecular weight excluding hydrogens is 276 g/mol. The lowest BCUT2D eigenvalue weighted by Crippen LogP contribution is -2.47. The first kappa shape index (κ1) is 16.5. The summed E-state index contributed by atoms with van der Waals surface area (Å²) in [5.74, 6) is -1.13. The molecule has 0 radical (unpaired) electrons. The van der Waals surface area contributed by atoms with Gasteiger partial charge in [-0.1, -0.05) is 12.1 Å². The third-order valence-corrected chi connectivity index (χ3v) is 2.68. The van der Waals surface area contributed by atoms with Gasteiger partial charge in [0.2, 0.25) is 5.91 Å². The van der Waals surface area contributed by atoms with E-state index in [-0.39, 0.29) is 6.42 Å². The van der Waals surface area contributed by atoms with E-state index in [0.717, 1.165) is 5.56 Å². The van der Waals surface area contributed by atoms with Crippen LogP contribution >= 0.6 is 0 Å². The number of nitrogens with one attached hydrogen (secondary N) is 1. The Morgan fingerprint density at radius 2 is 1.86 bits per heavy atom. The second-order valence-electron chi connectivity index (χ2n) is 4.35. The van der Waals surface area contributed by atoms with E-state index >= 15 is 0 Å². The molecule has 0 aliphatic rings. The zero-order valence-electron chi connectivity index (χ0n) is 11.9. The molecule has 7 nitrogen and oxygen atoms in total. The minimum absolute atomic E-state index is 0.241. The van der Waals surface area contributed by atoms with E-state index in [1.165, 1.54) is 6.92 Å². The molecule has 114 valence electrons. The number of rotatable bonds is 7. The summed E-state index contributed by atoms with van der Waals surface area (Å²) in [6.07, 6.45) is 0.241. The summed E-state index contributed by atoms with van der Waals surface area (Å²) in [5.41, 5.74) is 6.07. The molecule has 1 aromatic carbocycles. The van der Waals surface area contributed by atoms with Gasteiger partial charge >= 0.3 is 5.97 Å². The number of ether oxygens (including phenoxy) is 2. The van der Waals surface area contributed by atoms with Crippen LogP contribution in [0.15, 0.2) is 24.3 Å². The van der Waals surface area contributed by atoms with Crippen molar-refractivity contribution < 1.29 is 23.9 Å². The number of methoxy groups -OCH3 is 1. The van der Waals surface area contributed by atoms with Crippen molar-refractivity contribution in [3.05, 3.63) is 29.8 Å². The first-order valence-corrected chi connectivity index (χ1v) is 6.27. The summed E-state index contributed by atoms with van der Waals surface area (Å²) in [6, 6.07) is 6.16. The number of carbonyl (C=O) groups excluding carboxylic acids is 3. The number of hydrogen-bond acceptors (Lipinski definition) is 5. The Hall–Kier alpha value is -2.57. The lowest BCUT2D eigenvalue weighted by molar-refractivity contribution is -0.146. The fourth-order valence-electron chi connectivity index (χ4n) is 1.62. The van der Waals surface area contributed by atoms with E-state index in [0.29, 0.717) is 5.75 Å². The van der Waals surface area contributed by atoms with Crippen molar-refractivity contribution in [2.45, 2.75) is 19.4 Å². The van der Waals surface area contributed by atoms with Crippen molar-refractivity contribution in [1.82, 2.24) is 5.32 Å². The molecule has 0 bridgehead atoms. The summed E-state index contributed by atoms with van der Waals surface area (Å²) in [6.45, 7) is 0.748. The van der Waals surface area contributed by atoms with E-state index in [1.807, 2.05) is 0 Å². The Morgan fingerprint density at radius 1 is 1.24 bits per heavy atom. The number of hydrogen-bond donors (Lipinski definition) is 2. The predicted molar refractivity (Wildman–Crippen MR) is 74.5 cm³/mol. The van der Waals surface area contributed by atoms with E-state index in [2.05, 4.69) is 10.1 Å². The van der Waals surface area contributed by atoms with Crippen LogP contribution in [0.25, 0.3) is 0 Å². The Morgan fingerprint density at radius 3 is 2.33 bits per heavy atom. The van der Waals surface area contributed by atoms with Gasteiger partial charge in [0.25, 0.3) is 5.91 Å². The Labute approximate surface area is 122 Å². The highest BCUT2D eigenvalue weighted by molar-refractivity contribution is 5.88. The maximum Gasteiger partial charge on any atom is 0.303 e. The van der Waals surface area contributed by atoms with Gasteiger partial charge in [0, 0.05) is 13.3 Å². The molecule has 3 N–H and O–H groups in total. The van der Waals surface area contributed by atoms with E-state index in [1.54, 1.807) is 31.4 Å². The van der Waals surface area contributed by atoms with Gasteiger partial charge < -0.3 is 20.5 Å². The molecule has 0 saturated carbocycles. The molecule has 0 aliphatic carbocycles. The molecular formula is C14H18N2O5. The summed E-state index contributed by atoms with van der Waals surface area (Å²) in [4.78, 5) is 33.5. The maximum atomic E-state index is 11.5. The van der Waals surface area contributed by atoms with Crippen LogP contribution in [-0.4, -0.2) is 37.5 Å². The van der Waals surface area contributed by atoms with Crippen molar-refractivity contribution in [2.24, 2.45) is 5.73 Å². The second kappa shape index (κ2) is 7.88. The minimum Gasteiger partial charge on any atom is -0.497 e. The van der Waals surface area contributed by atoms with Gasteiger partial charge in [0.05, 0.1) is 7.11 Å². The average Bonchev–Trinajstić information content (AvgIpc) is 2.45. The Bertz CT molecular complexity index is 513. The van der Waals surface area contributed by atoms with Crippen molar-refractivity contribution in [3.63, 3.8) is 0 Å². The molecule has 21 heavy (non-hydrogen) atoms. The largest absolute Gasteiger partial charge is 0.497 e. The summed E-state index contributed by atoms with van der Waals surface area (Å²) >= 11 is 0. The van der Waals surface area contributed by atoms with Crippen LogP contribution in [0, 0.1) is 0 Å². The zero-order valence-corrected chi connectivity index (χ0v) is 11.9. The highest BCUT2D eigenvalue weighted by Gasteiger charge is 2.19. The van der Waals surface area contributed by atoms with Gasteiger partial charge in [-0.15, -0.1) is 0 Å². The monoisotopic (exact) mass is 294 g/mol. The van der Waals surface area contributed by atoms with Crippen molar-refractivity contribution in [2.75, 3.05) is 13.7 Å². The lowest BCUT2D eigenvalue weighted by atomic mass is 10.1. The standard InChI is InChI=1S/C14H18N2O5/c1-9(17)21-8-13(18)16-12(14(15)19)7-10-3-5-11(20-2)6-4-10/h3-6,12H,7-8H2,1-2H3,(H2,15,19)(H,16,18)/t12-/m1/s1. The van der Waals surface area contributed by atoms with E-state index in [4.69, 9.17) is 10.5 Å². The van der Waals surface area contributed by atoms with Gasteiger partial charge in [0.15, 0.2) is 6.61 Å². The maximum absolute atomic E-state index is 11.5. The number of amides is 2. The molecule has 7 heteroatoms. The SMILES string of the molecule is COc1ccc(C[C@@H](NC(=O)COC(C)=O)C(N)=O)cc1. The molecule has 0 heterocycles. The zero-order chi connectivity index (χ0) is 15.8. The van der Waals surface area contributed by atoms with Gasteiger partial charge in [-0.05, 0) is 17.7 Å². The third kappa shape index (κ3) is 5.94.